The monoisotopic (exact) mass is 211 g/mol. The number of carbonyl (C=O) groups excluding carboxylic acids is 1. The summed E-state index contributed by atoms with van der Waals surface area (Å²) in [6.07, 6.45) is 0. The van der Waals surface area contributed by atoms with Crippen LogP contribution in [-0.4, -0.2) is 36.6 Å². The van der Waals surface area contributed by atoms with Gasteiger partial charge >= 0.3 is 0 Å². The van der Waals surface area contributed by atoms with Gasteiger partial charge in [0.2, 0.25) is 0 Å². The summed E-state index contributed by atoms with van der Waals surface area (Å²) in [4.78, 5) is 12.5. The van der Waals surface area contributed by atoms with Crippen LogP contribution in [0.3, 0.4) is 0 Å². The molecule has 2 N–H and O–H groups in total. The number of aliphatic hydroxyl groups excluding tert-OH is 2. The van der Waals surface area contributed by atoms with Gasteiger partial charge in [-0.2, -0.15) is 0 Å². The van der Waals surface area contributed by atoms with Crippen molar-refractivity contribution in [3.63, 3.8) is 0 Å². The topological polar surface area (TPSA) is 70.0 Å². The number of fused-ring (bicyclic) bond motifs is 1. The number of hydrogen-bond donors (Lipinski definition) is 2. The smallest absolute Gasteiger partial charge is 0.266 e. The zero-order valence-corrected chi connectivity index (χ0v) is 8.38. The van der Waals surface area contributed by atoms with Gasteiger partial charge in [0.05, 0.1) is 5.69 Å². The number of benzene rings is 1. The van der Waals surface area contributed by atoms with Gasteiger partial charge in [0, 0.05) is 7.11 Å². The third-order valence-corrected chi connectivity index (χ3v) is 1.95. The lowest BCUT2D eigenvalue weighted by Crippen LogP contribution is -2.39. The minimum absolute atomic E-state index is 0.00241. The summed E-state index contributed by atoms with van der Waals surface area (Å²) in [5.41, 5.74) is 0.626. The Morgan fingerprint density at radius 1 is 1.40 bits per heavy atom. The molecule has 82 valence electrons. The van der Waals surface area contributed by atoms with Crippen LogP contribution in [0.2, 0.25) is 0 Å². The summed E-state index contributed by atoms with van der Waals surface area (Å²) in [5.74, 6) is 0.414. The van der Waals surface area contributed by atoms with E-state index in [0.717, 1.165) is 7.11 Å². The van der Waals surface area contributed by atoms with Gasteiger partial charge in [-0.05, 0) is 12.1 Å². The Morgan fingerprint density at radius 3 is 2.73 bits per heavy atom. The lowest BCUT2D eigenvalue weighted by Gasteiger charge is -2.27. The largest absolute Gasteiger partial charge is 0.482 e. The minimum Gasteiger partial charge on any atom is -0.482 e. The van der Waals surface area contributed by atoms with Gasteiger partial charge in [0.15, 0.2) is 6.61 Å². The third kappa shape index (κ3) is 2.26. The molecule has 0 spiro atoms. The average Bonchev–Trinajstić information content (AvgIpc) is 2.32. The van der Waals surface area contributed by atoms with E-state index in [1.54, 1.807) is 18.2 Å². The fraction of sp³-hybridized carbons (Fsp3) is 0.300. The van der Waals surface area contributed by atoms with E-state index in [2.05, 4.69) is 0 Å². The highest BCUT2D eigenvalue weighted by atomic mass is 16.5. The van der Waals surface area contributed by atoms with Gasteiger partial charge < -0.3 is 14.9 Å². The predicted octanol–water partition coefficient (Wildman–Crippen LogP) is -0.0297. The molecule has 1 heterocycles. The molecule has 1 amide bonds. The Kier molecular flexibility index (Phi) is 4.08. The maximum atomic E-state index is 11.2. The number of ether oxygens (including phenoxy) is 1. The minimum atomic E-state index is -0.306. The molecular weight excluding hydrogens is 198 g/mol. The summed E-state index contributed by atoms with van der Waals surface area (Å²) in [6, 6.07) is 7.13. The second-order valence-electron chi connectivity index (χ2n) is 2.72. The molecule has 0 radical (unpaired) electrons. The summed E-state index contributed by atoms with van der Waals surface area (Å²) < 4.78 is 5.17. The molecule has 1 aliphatic rings. The second kappa shape index (κ2) is 5.33. The Bertz CT molecular complexity index is 340. The van der Waals surface area contributed by atoms with Crippen LogP contribution in [0.1, 0.15) is 0 Å². The van der Waals surface area contributed by atoms with Crippen LogP contribution in [0.4, 0.5) is 5.69 Å². The maximum Gasteiger partial charge on any atom is 0.266 e. The molecule has 0 aliphatic carbocycles. The van der Waals surface area contributed by atoms with E-state index in [1.807, 2.05) is 6.07 Å². The SMILES string of the molecule is CO.O=C1COc2ccccc2N1CO. The summed E-state index contributed by atoms with van der Waals surface area (Å²) in [5, 5.41) is 16.0. The van der Waals surface area contributed by atoms with Gasteiger partial charge in [-0.3, -0.25) is 9.69 Å². The number of aliphatic hydroxyl groups is 2. The van der Waals surface area contributed by atoms with Crippen LogP contribution < -0.4 is 9.64 Å². The van der Waals surface area contributed by atoms with Crippen LogP contribution in [0.5, 0.6) is 5.75 Å². The highest BCUT2D eigenvalue weighted by Crippen LogP contribution is 2.30. The fourth-order valence-corrected chi connectivity index (χ4v) is 1.31. The Balaban J connectivity index is 0.000000531. The maximum absolute atomic E-state index is 11.2. The van der Waals surface area contributed by atoms with Crippen molar-refractivity contribution in [3.8, 4) is 5.75 Å². The highest BCUT2D eigenvalue weighted by molar-refractivity contribution is 5.97. The van der Waals surface area contributed by atoms with Crippen molar-refractivity contribution in [2.75, 3.05) is 25.3 Å². The van der Waals surface area contributed by atoms with Crippen LogP contribution >= 0.6 is 0 Å². The van der Waals surface area contributed by atoms with E-state index in [1.165, 1.54) is 4.90 Å². The van der Waals surface area contributed by atoms with E-state index in [0.29, 0.717) is 11.4 Å². The van der Waals surface area contributed by atoms with E-state index in [-0.39, 0.29) is 19.2 Å². The van der Waals surface area contributed by atoms with Gasteiger partial charge in [-0.25, -0.2) is 0 Å². The first-order valence-corrected chi connectivity index (χ1v) is 4.40. The molecule has 0 saturated carbocycles. The third-order valence-electron chi connectivity index (χ3n) is 1.95. The fourth-order valence-electron chi connectivity index (χ4n) is 1.31. The number of anilines is 1. The molecular formula is C10H13NO4. The second-order valence-corrected chi connectivity index (χ2v) is 2.72. The van der Waals surface area contributed by atoms with E-state index < -0.39 is 0 Å². The molecule has 5 heteroatoms. The summed E-state index contributed by atoms with van der Waals surface area (Å²) in [7, 11) is 1.00. The summed E-state index contributed by atoms with van der Waals surface area (Å²) >= 11 is 0. The molecule has 5 nitrogen and oxygen atoms in total. The van der Waals surface area contributed by atoms with Crippen molar-refractivity contribution in [2.45, 2.75) is 0 Å². The molecule has 0 aromatic heterocycles. The number of hydrogen-bond acceptors (Lipinski definition) is 4. The molecule has 0 bridgehead atoms. The average molecular weight is 211 g/mol. The van der Waals surface area contributed by atoms with Crippen LogP contribution in [0, 0.1) is 0 Å². The molecule has 15 heavy (non-hydrogen) atoms. The van der Waals surface area contributed by atoms with Gasteiger partial charge in [-0.15, -0.1) is 0 Å². The number of amides is 1. The first-order chi connectivity index (χ1) is 7.33. The van der Waals surface area contributed by atoms with Crippen molar-refractivity contribution >= 4 is 11.6 Å². The highest BCUT2D eigenvalue weighted by Gasteiger charge is 2.23. The summed E-state index contributed by atoms with van der Waals surface area (Å²) in [6.45, 7) is -0.309. The van der Waals surface area contributed by atoms with Crippen LogP contribution in [-0.2, 0) is 4.79 Å². The normalized spacial score (nSPS) is 13.5. The number of carbonyl (C=O) groups is 1. The standard InChI is InChI=1S/C9H9NO3.CH4O/c11-6-10-7-3-1-2-4-8(7)13-5-9(10)12;1-2/h1-4,11H,5-6H2;2H,1H3. The van der Waals surface area contributed by atoms with Crippen molar-refractivity contribution < 1.29 is 19.7 Å². The molecule has 0 saturated heterocycles. The number of para-hydroxylation sites is 2. The van der Waals surface area contributed by atoms with Gasteiger partial charge in [0.25, 0.3) is 5.91 Å². The van der Waals surface area contributed by atoms with E-state index >= 15 is 0 Å². The molecule has 1 aromatic rings. The Morgan fingerprint density at radius 2 is 2.07 bits per heavy atom. The molecule has 0 unspecified atom stereocenters. The number of nitrogens with zero attached hydrogens (tertiary/aromatic N) is 1. The number of rotatable bonds is 1. The molecule has 0 fully saturated rings. The zero-order valence-electron chi connectivity index (χ0n) is 8.38. The molecule has 1 aromatic carbocycles. The first-order valence-electron chi connectivity index (χ1n) is 4.40. The zero-order chi connectivity index (χ0) is 11.3. The lowest BCUT2D eigenvalue weighted by atomic mass is 10.2. The Hall–Kier alpha value is -1.59. The van der Waals surface area contributed by atoms with Crippen LogP contribution in [0.15, 0.2) is 24.3 Å². The van der Waals surface area contributed by atoms with Crippen molar-refractivity contribution in [2.24, 2.45) is 0 Å². The lowest BCUT2D eigenvalue weighted by molar-refractivity contribution is -0.122. The van der Waals surface area contributed by atoms with Gasteiger partial charge in [0.1, 0.15) is 12.5 Å². The van der Waals surface area contributed by atoms with Crippen LogP contribution in [0.25, 0.3) is 0 Å². The van der Waals surface area contributed by atoms with Crippen molar-refractivity contribution in [1.29, 1.82) is 0 Å². The Labute approximate surface area is 87.5 Å². The molecule has 1 aliphatic heterocycles. The molecule has 2 rings (SSSR count). The van der Waals surface area contributed by atoms with Crippen molar-refractivity contribution in [3.05, 3.63) is 24.3 Å². The van der Waals surface area contributed by atoms with E-state index in [9.17, 15) is 4.79 Å². The van der Waals surface area contributed by atoms with Crippen molar-refractivity contribution in [1.82, 2.24) is 0 Å². The molecule has 0 atom stereocenters. The predicted molar refractivity (Wildman–Crippen MR) is 54.7 cm³/mol. The quantitative estimate of drug-likeness (QED) is 0.684. The van der Waals surface area contributed by atoms with E-state index in [4.69, 9.17) is 14.9 Å². The van der Waals surface area contributed by atoms with Gasteiger partial charge in [-0.1, -0.05) is 12.1 Å². The first kappa shape index (κ1) is 11.5.